The molecule has 0 spiro atoms. The topological polar surface area (TPSA) is 69.6 Å². The molecule has 5 nitrogen and oxygen atoms in total. The average Bonchev–Trinajstić information content (AvgIpc) is 2.48. The first-order valence-corrected chi connectivity index (χ1v) is 8.25. The molecule has 1 atom stereocenters. The number of piperidine rings is 1. The standard InChI is InChI=1S/C16H28N2O3/c1-11(2)12-5-7-14(8-6-12)17-16(21)18-9-3-4-13(10-18)15(19)20/h11-14H,3-10H2,1-2H3,(H,17,21)(H,19,20). The average molecular weight is 296 g/mol. The molecular formula is C16H28N2O3. The van der Waals surface area contributed by atoms with Crippen LogP contribution in [0.25, 0.3) is 0 Å². The van der Waals surface area contributed by atoms with Gasteiger partial charge in [-0.2, -0.15) is 0 Å². The van der Waals surface area contributed by atoms with E-state index in [0.29, 0.717) is 19.5 Å². The minimum atomic E-state index is -0.787. The predicted octanol–water partition coefficient (Wildman–Crippen LogP) is 2.71. The van der Waals surface area contributed by atoms with Gasteiger partial charge in [-0.25, -0.2) is 4.79 Å². The molecule has 1 heterocycles. The summed E-state index contributed by atoms with van der Waals surface area (Å²) in [5.74, 6) is 0.315. The van der Waals surface area contributed by atoms with Crippen LogP contribution >= 0.6 is 0 Å². The summed E-state index contributed by atoms with van der Waals surface area (Å²) in [7, 11) is 0. The smallest absolute Gasteiger partial charge is 0.317 e. The summed E-state index contributed by atoms with van der Waals surface area (Å²) in [5.41, 5.74) is 0. The number of rotatable bonds is 3. The SMILES string of the molecule is CC(C)C1CCC(NC(=O)N2CCCC(C(=O)O)C2)CC1. The summed E-state index contributed by atoms with van der Waals surface area (Å²) < 4.78 is 0. The molecule has 1 saturated carbocycles. The van der Waals surface area contributed by atoms with Crippen LogP contribution in [0.15, 0.2) is 0 Å². The largest absolute Gasteiger partial charge is 0.481 e. The summed E-state index contributed by atoms with van der Waals surface area (Å²) in [4.78, 5) is 25.0. The molecule has 120 valence electrons. The molecular weight excluding hydrogens is 268 g/mol. The third-order valence-corrected chi connectivity index (χ3v) is 5.10. The van der Waals surface area contributed by atoms with Crippen molar-refractivity contribution in [3.8, 4) is 0 Å². The molecule has 1 aliphatic carbocycles. The lowest BCUT2D eigenvalue weighted by atomic mass is 9.80. The van der Waals surface area contributed by atoms with Gasteiger partial charge < -0.3 is 15.3 Å². The highest BCUT2D eigenvalue weighted by atomic mass is 16.4. The Morgan fingerprint density at radius 3 is 2.38 bits per heavy atom. The van der Waals surface area contributed by atoms with Crippen molar-refractivity contribution in [3.63, 3.8) is 0 Å². The maximum absolute atomic E-state index is 12.3. The fraction of sp³-hybridized carbons (Fsp3) is 0.875. The molecule has 1 saturated heterocycles. The van der Waals surface area contributed by atoms with Gasteiger partial charge in [-0.1, -0.05) is 13.8 Å². The van der Waals surface area contributed by atoms with E-state index in [4.69, 9.17) is 5.11 Å². The Hall–Kier alpha value is -1.26. The lowest BCUT2D eigenvalue weighted by molar-refractivity contribution is -0.143. The Bertz CT molecular complexity index is 376. The first kappa shape index (κ1) is 16.1. The lowest BCUT2D eigenvalue weighted by Gasteiger charge is -2.35. The highest BCUT2D eigenvalue weighted by molar-refractivity contribution is 5.76. The van der Waals surface area contributed by atoms with E-state index in [-0.39, 0.29) is 12.1 Å². The molecule has 0 aromatic carbocycles. The van der Waals surface area contributed by atoms with E-state index < -0.39 is 11.9 Å². The van der Waals surface area contributed by atoms with Gasteiger partial charge in [0.25, 0.3) is 0 Å². The number of hydrogen-bond donors (Lipinski definition) is 2. The van der Waals surface area contributed by atoms with Crippen molar-refractivity contribution >= 4 is 12.0 Å². The number of nitrogens with zero attached hydrogens (tertiary/aromatic N) is 1. The number of amides is 2. The summed E-state index contributed by atoms with van der Waals surface area (Å²) in [5, 5.41) is 12.2. The lowest BCUT2D eigenvalue weighted by Crippen LogP contribution is -2.50. The van der Waals surface area contributed by atoms with Crippen molar-refractivity contribution in [3.05, 3.63) is 0 Å². The number of nitrogens with one attached hydrogen (secondary N) is 1. The van der Waals surface area contributed by atoms with E-state index in [1.165, 1.54) is 12.8 Å². The zero-order valence-electron chi connectivity index (χ0n) is 13.2. The van der Waals surface area contributed by atoms with Gasteiger partial charge in [0, 0.05) is 19.1 Å². The minimum Gasteiger partial charge on any atom is -0.481 e. The van der Waals surface area contributed by atoms with Crippen LogP contribution in [0.2, 0.25) is 0 Å². The number of likely N-dealkylation sites (tertiary alicyclic amines) is 1. The number of carboxylic acid groups (broad SMARTS) is 1. The summed E-state index contributed by atoms with van der Waals surface area (Å²) in [6.07, 6.45) is 5.92. The molecule has 21 heavy (non-hydrogen) atoms. The zero-order valence-corrected chi connectivity index (χ0v) is 13.2. The Balaban J connectivity index is 1.78. The molecule has 0 aromatic heterocycles. The van der Waals surface area contributed by atoms with Gasteiger partial charge >= 0.3 is 12.0 Å². The van der Waals surface area contributed by atoms with Crippen molar-refractivity contribution in [2.24, 2.45) is 17.8 Å². The molecule has 1 aliphatic heterocycles. The van der Waals surface area contributed by atoms with Crippen LogP contribution in [0.1, 0.15) is 52.4 Å². The van der Waals surface area contributed by atoms with Gasteiger partial charge in [-0.05, 0) is 50.4 Å². The van der Waals surface area contributed by atoms with Crippen molar-refractivity contribution in [2.75, 3.05) is 13.1 Å². The molecule has 2 fully saturated rings. The zero-order chi connectivity index (χ0) is 15.4. The number of carboxylic acids is 1. The predicted molar refractivity (Wildman–Crippen MR) is 81.0 cm³/mol. The van der Waals surface area contributed by atoms with E-state index in [2.05, 4.69) is 19.2 Å². The summed E-state index contributed by atoms with van der Waals surface area (Å²) in [6, 6.07) is 0.187. The Morgan fingerprint density at radius 1 is 1.14 bits per heavy atom. The van der Waals surface area contributed by atoms with Crippen molar-refractivity contribution in [1.82, 2.24) is 10.2 Å². The third kappa shape index (κ3) is 4.35. The van der Waals surface area contributed by atoms with Crippen molar-refractivity contribution in [2.45, 2.75) is 58.4 Å². The van der Waals surface area contributed by atoms with Crippen LogP contribution in [-0.2, 0) is 4.79 Å². The van der Waals surface area contributed by atoms with Crippen LogP contribution in [0.5, 0.6) is 0 Å². The van der Waals surface area contributed by atoms with E-state index in [1.807, 2.05) is 0 Å². The van der Waals surface area contributed by atoms with Gasteiger partial charge in [0.1, 0.15) is 0 Å². The molecule has 2 rings (SSSR count). The van der Waals surface area contributed by atoms with Gasteiger partial charge in [-0.3, -0.25) is 4.79 Å². The van der Waals surface area contributed by atoms with Crippen LogP contribution < -0.4 is 5.32 Å². The second-order valence-electron chi connectivity index (χ2n) is 6.93. The summed E-state index contributed by atoms with van der Waals surface area (Å²) in [6.45, 7) is 5.56. The molecule has 1 unspecified atom stereocenters. The molecule has 2 aliphatic rings. The number of aliphatic carboxylic acids is 1. The van der Waals surface area contributed by atoms with Gasteiger partial charge in [0.15, 0.2) is 0 Å². The van der Waals surface area contributed by atoms with Crippen LogP contribution in [0.4, 0.5) is 4.79 Å². The van der Waals surface area contributed by atoms with Crippen LogP contribution in [0, 0.1) is 17.8 Å². The van der Waals surface area contributed by atoms with Crippen molar-refractivity contribution < 1.29 is 14.7 Å². The first-order chi connectivity index (χ1) is 9.97. The molecule has 0 aromatic rings. The maximum atomic E-state index is 12.3. The number of carbonyl (C=O) groups is 2. The molecule has 0 radical (unpaired) electrons. The highest BCUT2D eigenvalue weighted by Crippen LogP contribution is 2.30. The van der Waals surface area contributed by atoms with E-state index in [0.717, 1.165) is 31.1 Å². The normalized spacial score (nSPS) is 30.2. The van der Waals surface area contributed by atoms with E-state index in [9.17, 15) is 9.59 Å². The molecule has 2 N–H and O–H groups in total. The summed E-state index contributed by atoms with van der Waals surface area (Å²) >= 11 is 0. The van der Waals surface area contributed by atoms with Crippen LogP contribution in [0.3, 0.4) is 0 Å². The quantitative estimate of drug-likeness (QED) is 0.841. The Morgan fingerprint density at radius 2 is 1.81 bits per heavy atom. The number of urea groups is 1. The molecule has 5 heteroatoms. The fourth-order valence-electron chi connectivity index (χ4n) is 3.56. The monoisotopic (exact) mass is 296 g/mol. The number of hydrogen-bond acceptors (Lipinski definition) is 2. The Kier molecular flexibility index (Phi) is 5.48. The molecule has 0 bridgehead atoms. The first-order valence-electron chi connectivity index (χ1n) is 8.25. The highest BCUT2D eigenvalue weighted by Gasteiger charge is 2.30. The number of carbonyl (C=O) groups excluding carboxylic acids is 1. The van der Waals surface area contributed by atoms with Gasteiger partial charge in [0.05, 0.1) is 5.92 Å². The van der Waals surface area contributed by atoms with Gasteiger partial charge in [0.2, 0.25) is 0 Å². The van der Waals surface area contributed by atoms with Crippen molar-refractivity contribution in [1.29, 1.82) is 0 Å². The second-order valence-corrected chi connectivity index (χ2v) is 6.93. The van der Waals surface area contributed by atoms with Crippen LogP contribution in [-0.4, -0.2) is 41.1 Å². The minimum absolute atomic E-state index is 0.0750. The Labute approximate surface area is 127 Å². The van der Waals surface area contributed by atoms with E-state index >= 15 is 0 Å². The van der Waals surface area contributed by atoms with Gasteiger partial charge in [-0.15, -0.1) is 0 Å². The molecule has 2 amide bonds. The third-order valence-electron chi connectivity index (χ3n) is 5.10. The second kappa shape index (κ2) is 7.14. The van der Waals surface area contributed by atoms with E-state index in [1.54, 1.807) is 4.90 Å². The fourth-order valence-corrected chi connectivity index (χ4v) is 3.56. The maximum Gasteiger partial charge on any atom is 0.317 e.